The van der Waals surface area contributed by atoms with Gasteiger partial charge in [-0.25, -0.2) is 0 Å². The molecular weight excluding hydrogens is 182 g/mol. The second-order valence-corrected chi connectivity index (χ2v) is 2.91. The lowest BCUT2D eigenvalue weighted by Gasteiger charge is -2.12. The van der Waals surface area contributed by atoms with Crippen molar-refractivity contribution in [2.24, 2.45) is 0 Å². The van der Waals surface area contributed by atoms with Gasteiger partial charge >= 0.3 is 0 Å². The molecule has 0 bridgehead atoms. The average molecular weight is 197 g/mol. The number of anilines is 1. The van der Waals surface area contributed by atoms with E-state index in [2.05, 4.69) is 0 Å². The number of hydrogen-bond donors (Lipinski definition) is 1. The monoisotopic (exact) mass is 197 g/mol. The van der Waals surface area contributed by atoms with Gasteiger partial charge in [-0.05, 0) is 18.6 Å². The Kier molecular flexibility index (Phi) is 3.59. The maximum Gasteiger partial charge on any atom is 0.188 e. The largest absolute Gasteiger partial charge is 0.497 e. The summed E-state index contributed by atoms with van der Waals surface area (Å²) in [5.41, 5.74) is 7.26. The van der Waals surface area contributed by atoms with Gasteiger partial charge in [0.15, 0.2) is 6.79 Å². The van der Waals surface area contributed by atoms with Gasteiger partial charge < -0.3 is 19.9 Å². The number of hydrogen-bond acceptors (Lipinski definition) is 4. The highest BCUT2D eigenvalue weighted by molar-refractivity contribution is 5.60. The normalized spacial score (nSPS) is 9.93. The molecule has 0 aromatic heterocycles. The number of aryl methyl sites for hydroxylation is 1. The predicted molar refractivity (Wildman–Crippen MR) is 54.6 cm³/mol. The zero-order chi connectivity index (χ0) is 10.6. The van der Waals surface area contributed by atoms with Gasteiger partial charge in [-0.2, -0.15) is 0 Å². The lowest BCUT2D eigenvalue weighted by Crippen LogP contribution is -2.03. The van der Waals surface area contributed by atoms with E-state index in [1.165, 1.54) is 0 Å². The van der Waals surface area contributed by atoms with Gasteiger partial charge in [0, 0.05) is 13.2 Å². The van der Waals surface area contributed by atoms with Crippen molar-refractivity contribution in [3.8, 4) is 11.5 Å². The van der Waals surface area contributed by atoms with Crippen LogP contribution in [0.4, 0.5) is 5.69 Å². The Morgan fingerprint density at radius 3 is 2.50 bits per heavy atom. The molecule has 0 saturated carbocycles. The molecule has 0 atom stereocenters. The molecule has 0 aliphatic rings. The lowest BCUT2D eigenvalue weighted by molar-refractivity contribution is 0.0511. The van der Waals surface area contributed by atoms with Crippen LogP contribution in [0.25, 0.3) is 0 Å². The minimum absolute atomic E-state index is 0.192. The standard InChI is InChI=1S/C10H15NO3/c1-7-4-8(13-3)5-9(11)10(7)14-6-12-2/h4-5H,6,11H2,1-3H3. The van der Waals surface area contributed by atoms with Crippen LogP contribution in [0.15, 0.2) is 12.1 Å². The molecule has 0 amide bonds. The molecule has 0 heterocycles. The van der Waals surface area contributed by atoms with Crippen molar-refractivity contribution in [1.29, 1.82) is 0 Å². The van der Waals surface area contributed by atoms with Crippen molar-refractivity contribution in [3.05, 3.63) is 17.7 Å². The molecule has 0 spiro atoms. The van der Waals surface area contributed by atoms with Gasteiger partial charge in [-0.1, -0.05) is 0 Å². The summed E-state index contributed by atoms with van der Waals surface area (Å²) in [7, 11) is 3.17. The summed E-state index contributed by atoms with van der Waals surface area (Å²) < 4.78 is 15.2. The Balaban J connectivity index is 2.93. The molecule has 14 heavy (non-hydrogen) atoms. The maximum absolute atomic E-state index is 5.78. The first kappa shape index (κ1) is 10.7. The van der Waals surface area contributed by atoms with Crippen molar-refractivity contribution in [3.63, 3.8) is 0 Å². The molecule has 1 aromatic rings. The highest BCUT2D eigenvalue weighted by Crippen LogP contribution is 2.30. The molecule has 1 aromatic carbocycles. The van der Waals surface area contributed by atoms with Crippen LogP contribution in [-0.2, 0) is 4.74 Å². The second kappa shape index (κ2) is 4.72. The van der Waals surface area contributed by atoms with E-state index in [1.54, 1.807) is 20.3 Å². The summed E-state index contributed by atoms with van der Waals surface area (Å²) in [6.45, 7) is 2.10. The van der Waals surface area contributed by atoms with E-state index < -0.39 is 0 Å². The Hall–Kier alpha value is -1.42. The first-order valence-electron chi connectivity index (χ1n) is 4.25. The molecule has 1 rings (SSSR count). The summed E-state index contributed by atoms with van der Waals surface area (Å²) >= 11 is 0. The van der Waals surface area contributed by atoms with Crippen LogP contribution < -0.4 is 15.2 Å². The van der Waals surface area contributed by atoms with E-state index >= 15 is 0 Å². The maximum atomic E-state index is 5.78. The van der Waals surface area contributed by atoms with Crippen LogP contribution in [0.3, 0.4) is 0 Å². The first-order valence-corrected chi connectivity index (χ1v) is 4.25. The zero-order valence-corrected chi connectivity index (χ0v) is 8.66. The molecule has 0 aliphatic carbocycles. The predicted octanol–water partition coefficient (Wildman–Crippen LogP) is 1.57. The van der Waals surface area contributed by atoms with E-state index in [0.29, 0.717) is 11.4 Å². The lowest BCUT2D eigenvalue weighted by atomic mass is 10.2. The molecule has 4 nitrogen and oxygen atoms in total. The minimum atomic E-state index is 0.192. The summed E-state index contributed by atoms with van der Waals surface area (Å²) in [4.78, 5) is 0. The molecule has 78 valence electrons. The fraction of sp³-hybridized carbons (Fsp3) is 0.400. The van der Waals surface area contributed by atoms with Crippen LogP contribution in [0.2, 0.25) is 0 Å². The molecular formula is C10H15NO3. The summed E-state index contributed by atoms with van der Waals surface area (Å²) in [5, 5.41) is 0. The van der Waals surface area contributed by atoms with Crippen molar-refractivity contribution in [1.82, 2.24) is 0 Å². The quantitative estimate of drug-likeness (QED) is 0.588. The topological polar surface area (TPSA) is 53.7 Å². The minimum Gasteiger partial charge on any atom is -0.497 e. The number of methoxy groups -OCH3 is 2. The van der Waals surface area contributed by atoms with Crippen LogP contribution in [0.1, 0.15) is 5.56 Å². The van der Waals surface area contributed by atoms with Crippen molar-refractivity contribution in [2.45, 2.75) is 6.92 Å². The first-order chi connectivity index (χ1) is 6.69. The SMILES string of the molecule is COCOc1c(C)cc(OC)cc1N. The van der Waals surface area contributed by atoms with Gasteiger partial charge in [0.2, 0.25) is 0 Å². The number of nitrogen functional groups attached to an aromatic ring is 1. The summed E-state index contributed by atoms with van der Waals surface area (Å²) in [6.07, 6.45) is 0. The Morgan fingerprint density at radius 1 is 1.29 bits per heavy atom. The summed E-state index contributed by atoms with van der Waals surface area (Å²) in [6, 6.07) is 3.58. The highest BCUT2D eigenvalue weighted by atomic mass is 16.7. The van der Waals surface area contributed by atoms with Crippen molar-refractivity contribution >= 4 is 5.69 Å². The summed E-state index contributed by atoms with van der Waals surface area (Å²) in [5.74, 6) is 1.37. The Bertz CT molecular complexity index is 289. The zero-order valence-electron chi connectivity index (χ0n) is 8.66. The van der Waals surface area contributed by atoms with Crippen molar-refractivity contribution in [2.75, 3.05) is 26.7 Å². The average Bonchev–Trinajstić information content (AvgIpc) is 2.16. The van der Waals surface area contributed by atoms with Gasteiger partial charge in [0.25, 0.3) is 0 Å². The molecule has 0 radical (unpaired) electrons. The number of rotatable bonds is 4. The Labute approximate surface area is 83.6 Å². The van der Waals surface area contributed by atoms with E-state index in [1.807, 2.05) is 13.0 Å². The van der Waals surface area contributed by atoms with Crippen LogP contribution in [0, 0.1) is 6.92 Å². The third-order valence-electron chi connectivity index (χ3n) is 1.83. The second-order valence-electron chi connectivity index (χ2n) is 2.91. The Morgan fingerprint density at radius 2 is 2.00 bits per heavy atom. The van der Waals surface area contributed by atoms with E-state index in [4.69, 9.17) is 19.9 Å². The fourth-order valence-corrected chi connectivity index (χ4v) is 1.20. The number of ether oxygens (including phenoxy) is 3. The molecule has 0 fully saturated rings. The molecule has 4 heteroatoms. The molecule has 0 unspecified atom stereocenters. The molecule has 2 N–H and O–H groups in total. The van der Waals surface area contributed by atoms with Gasteiger partial charge in [0.05, 0.1) is 12.8 Å². The van der Waals surface area contributed by atoms with Gasteiger partial charge in [-0.15, -0.1) is 0 Å². The third kappa shape index (κ3) is 2.29. The fourth-order valence-electron chi connectivity index (χ4n) is 1.20. The number of benzene rings is 1. The van der Waals surface area contributed by atoms with Gasteiger partial charge in [-0.3, -0.25) is 0 Å². The third-order valence-corrected chi connectivity index (χ3v) is 1.83. The number of nitrogens with two attached hydrogens (primary N) is 1. The van der Waals surface area contributed by atoms with E-state index in [-0.39, 0.29) is 6.79 Å². The van der Waals surface area contributed by atoms with Crippen LogP contribution in [-0.4, -0.2) is 21.0 Å². The van der Waals surface area contributed by atoms with E-state index in [9.17, 15) is 0 Å². The smallest absolute Gasteiger partial charge is 0.188 e. The van der Waals surface area contributed by atoms with Gasteiger partial charge in [0.1, 0.15) is 11.5 Å². The van der Waals surface area contributed by atoms with Crippen LogP contribution in [0.5, 0.6) is 11.5 Å². The molecule has 0 saturated heterocycles. The highest BCUT2D eigenvalue weighted by Gasteiger charge is 2.06. The van der Waals surface area contributed by atoms with Crippen molar-refractivity contribution < 1.29 is 14.2 Å². The van der Waals surface area contributed by atoms with E-state index in [0.717, 1.165) is 11.3 Å². The molecule has 0 aliphatic heterocycles. The van der Waals surface area contributed by atoms with Crippen LogP contribution >= 0.6 is 0 Å².